The quantitative estimate of drug-likeness (QED) is 0.520. The lowest BCUT2D eigenvalue weighted by Crippen LogP contribution is -2.09. The standard InChI is InChI=1S/C6H5NOS/c1-2-3-7-4-5-9-6(7)8/h1,4-5H,3H2. The lowest BCUT2D eigenvalue weighted by atomic mass is 10.6. The Hall–Kier alpha value is -1.01. The van der Waals surface area contributed by atoms with Gasteiger partial charge in [0.05, 0.1) is 6.54 Å². The minimum atomic E-state index is 0.00736. The molecule has 2 nitrogen and oxygen atoms in total. The Morgan fingerprint density at radius 3 is 3.11 bits per heavy atom. The van der Waals surface area contributed by atoms with Crippen molar-refractivity contribution in [1.82, 2.24) is 4.57 Å². The highest BCUT2D eigenvalue weighted by atomic mass is 32.1. The maximum atomic E-state index is 10.7. The van der Waals surface area contributed by atoms with Crippen LogP contribution >= 0.6 is 11.3 Å². The molecule has 1 aromatic heterocycles. The van der Waals surface area contributed by atoms with E-state index < -0.39 is 0 Å². The first-order valence-electron chi connectivity index (χ1n) is 2.42. The fourth-order valence-corrected chi connectivity index (χ4v) is 1.09. The summed E-state index contributed by atoms with van der Waals surface area (Å²) in [6.07, 6.45) is 6.67. The normalized spacial score (nSPS) is 8.78. The lowest BCUT2D eigenvalue weighted by Gasteiger charge is -1.87. The Morgan fingerprint density at radius 2 is 2.67 bits per heavy atom. The van der Waals surface area contributed by atoms with Gasteiger partial charge in [0, 0.05) is 11.6 Å². The molecule has 0 aromatic carbocycles. The van der Waals surface area contributed by atoms with Crippen molar-refractivity contribution in [3.05, 3.63) is 21.2 Å². The van der Waals surface area contributed by atoms with E-state index in [1.165, 1.54) is 4.57 Å². The van der Waals surface area contributed by atoms with Crippen LogP contribution < -0.4 is 4.87 Å². The van der Waals surface area contributed by atoms with E-state index in [0.717, 1.165) is 11.3 Å². The molecular weight excluding hydrogens is 134 g/mol. The Kier molecular flexibility index (Phi) is 1.71. The maximum absolute atomic E-state index is 10.7. The van der Waals surface area contributed by atoms with Gasteiger partial charge in [0.1, 0.15) is 0 Å². The third-order valence-electron chi connectivity index (χ3n) is 0.906. The summed E-state index contributed by atoms with van der Waals surface area (Å²) in [5.41, 5.74) is 0. The van der Waals surface area contributed by atoms with E-state index in [2.05, 4.69) is 5.92 Å². The van der Waals surface area contributed by atoms with Gasteiger partial charge in [-0.3, -0.25) is 9.36 Å². The molecule has 1 rings (SSSR count). The van der Waals surface area contributed by atoms with Crippen LogP contribution in [0.15, 0.2) is 16.4 Å². The number of aromatic nitrogens is 1. The van der Waals surface area contributed by atoms with Crippen molar-refractivity contribution in [2.45, 2.75) is 6.54 Å². The molecule has 3 heteroatoms. The first-order chi connectivity index (χ1) is 4.34. The molecule has 1 aromatic rings. The van der Waals surface area contributed by atoms with Crippen LogP contribution in [0.1, 0.15) is 0 Å². The molecule has 46 valence electrons. The van der Waals surface area contributed by atoms with Gasteiger partial charge < -0.3 is 0 Å². The zero-order valence-corrected chi connectivity index (χ0v) is 5.52. The maximum Gasteiger partial charge on any atom is 0.307 e. The van der Waals surface area contributed by atoms with Crippen molar-refractivity contribution < 1.29 is 0 Å². The molecule has 0 atom stereocenters. The third-order valence-corrected chi connectivity index (χ3v) is 1.60. The zero-order chi connectivity index (χ0) is 6.69. The van der Waals surface area contributed by atoms with E-state index in [1.54, 1.807) is 11.6 Å². The van der Waals surface area contributed by atoms with E-state index >= 15 is 0 Å². The number of nitrogens with zero attached hydrogens (tertiary/aromatic N) is 1. The Morgan fingerprint density at radius 1 is 1.89 bits per heavy atom. The van der Waals surface area contributed by atoms with E-state index in [9.17, 15) is 4.79 Å². The van der Waals surface area contributed by atoms with Crippen LogP contribution in [0, 0.1) is 12.3 Å². The first kappa shape index (κ1) is 6.12. The molecule has 0 radical (unpaired) electrons. The first-order valence-corrected chi connectivity index (χ1v) is 3.30. The molecule has 0 spiro atoms. The number of hydrogen-bond acceptors (Lipinski definition) is 2. The van der Waals surface area contributed by atoms with Gasteiger partial charge in [-0.2, -0.15) is 0 Å². The van der Waals surface area contributed by atoms with Crippen molar-refractivity contribution in [3.63, 3.8) is 0 Å². The second-order valence-corrected chi connectivity index (χ2v) is 2.36. The molecule has 1 heterocycles. The molecule has 0 aliphatic heterocycles. The smallest absolute Gasteiger partial charge is 0.294 e. The van der Waals surface area contributed by atoms with E-state index in [0.29, 0.717) is 6.54 Å². The van der Waals surface area contributed by atoms with Gasteiger partial charge in [-0.25, -0.2) is 0 Å². The fraction of sp³-hybridized carbons (Fsp3) is 0.167. The molecule has 0 aliphatic carbocycles. The predicted octanol–water partition coefficient (Wildman–Crippen LogP) is 0.543. The van der Waals surface area contributed by atoms with Gasteiger partial charge in [-0.1, -0.05) is 17.3 Å². The molecule has 0 fully saturated rings. The average molecular weight is 139 g/mol. The monoisotopic (exact) mass is 139 g/mol. The SMILES string of the molecule is C#CCn1ccsc1=O. The summed E-state index contributed by atoms with van der Waals surface area (Å²) >= 11 is 1.16. The summed E-state index contributed by atoms with van der Waals surface area (Å²) in [5, 5.41) is 1.72. The number of thiazole rings is 1. The van der Waals surface area contributed by atoms with Gasteiger partial charge in [-0.15, -0.1) is 6.42 Å². The van der Waals surface area contributed by atoms with Crippen molar-refractivity contribution in [2.75, 3.05) is 0 Å². The summed E-state index contributed by atoms with van der Waals surface area (Å²) in [6.45, 7) is 0.377. The Balaban J connectivity index is 2.98. The highest BCUT2D eigenvalue weighted by Gasteiger charge is 1.89. The molecule has 0 unspecified atom stereocenters. The van der Waals surface area contributed by atoms with Crippen LogP contribution in [0.4, 0.5) is 0 Å². The molecule has 0 N–H and O–H groups in total. The second-order valence-electron chi connectivity index (χ2n) is 1.50. The van der Waals surface area contributed by atoms with Gasteiger partial charge in [0.15, 0.2) is 0 Å². The number of terminal acetylenes is 1. The number of hydrogen-bond donors (Lipinski definition) is 0. The highest BCUT2D eigenvalue weighted by molar-refractivity contribution is 7.07. The Bertz CT molecular complexity index is 278. The van der Waals surface area contributed by atoms with E-state index in [4.69, 9.17) is 6.42 Å². The Labute approximate surface area is 56.8 Å². The van der Waals surface area contributed by atoms with Crippen LogP contribution in [0.2, 0.25) is 0 Å². The predicted molar refractivity (Wildman–Crippen MR) is 37.4 cm³/mol. The van der Waals surface area contributed by atoms with Crippen LogP contribution in [-0.2, 0) is 6.54 Å². The third kappa shape index (κ3) is 1.21. The molecule has 0 saturated carbocycles. The second kappa shape index (κ2) is 2.51. The topological polar surface area (TPSA) is 22.0 Å². The van der Waals surface area contributed by atoms with Gasteiger partial charge in [0.25, 0.3) is 0 Å². The summed E-state index contributed by atoms with van der Waals surface area (Å²) < 4.78 is 1.49. The zero-order valence-electron chi connectivity index (χ0n) is 4.70. The molecule has 0 bridgehead atoms. The van der Waals surface area contributed by atoms with Crippen LogP contribution in [0.5, 0.6) is 0 Å². The minimum absolute atomic E-state index is 0.00736. The van der Waals surface area contributed by atoms with Crippen LogP contribution in [0.25, 0.3) is 0 Å². The molecule has 0 aliphatic rings. The molecule has 0 saturated heterocycles. The number of rotatable bonds is 1. The summed E-state index contributed by atoms with van der Waals surface area (Å²) in [6, 6.07) is 0. The molecular formula is C6H5NOS. The molecule has 0 amide bonds. The van der Waals surface area contributed by atoms with Crippen LogP contribution in [-0.4, -0.2) is 4.57 Å². The fourth-order valence-electron chi connectivity index (χ4n) is 0.506. The summed E-state index contributed by atoms with van der Waals surface area (Å²) in [4.78, 5) is 10.7. The van der Waals surface area contributed by atoms with Crippen molar-refractivity contribution in [3.8, 4) is 12.3 Å². The van der Waals surface area contributed by atoms with Crippen molar-refractivity contribution in [2.24, 2.45) is 0 Å². The van der Waals surface area contributed by atoms with Crippen molar-refractivity contribution >= 4 is 11.3 Å². The van der Waals surface area contributed by atoms with E-state index in [1.807, 2.05) is 0 Å². The minimum Gasteiger partial charge on any atom is -0.294 e. The van der Waals surface area contributed by atoms with Crippen molar-refractivity contribution in [1.29, 1.82) is 0 Å². The largest absolute Gasteiger partial charge is 0.307 e. The van der Waals surface area contributed by atoms with Gasteiger partial charge in [0.2, 0.25) is 0 Å². The van der Waals surface area contributed by atoms with Gasteiger partial charge >= 0.3 is 4.87 Å². The average Bonchev–Trinajstić information content (AvgIpc) is 2.18. The van der Waals surface area contributed by atoms with E-state index in [-0.39, 0.29) is 4.87 Å². The van der Waals surface area contributed by atoms with Crippen LogP contribution in [0.3, 0.4) is 0 Å². The summed E-state index contributed by atoms with van der Waals surface area (Å²) in [7, 11) is 0. The highest BCUT2D eigenvalue weighted by Crippen LogP contribution is 1.86. The molecule has 9 heavy (non-hydrogen) atoms. The summed E-state index contributed by atoms with van der Waals surface area (Å²) in [5.74, 6) is 2.38. The lowest BCUT2D eigenvalue weighted by molar-refractivity contribution is 0.825. The van der Waals surface area contributed by atoms with Gasteiger partial charge in [-0.05, 0) is 0 Å².